The molecule has 0 atom stereocenters. The molecule has 0 aromatic heterocycles. The van der Waals surface area contributed by atoms with Gasteiger partial charge in [-0.1, -0.05) is 0 Å². The molecule has 0 aliphatic carbocycles. The van der Waals surface area contributed by atoms with E-state index in [0.29, 0.717) is 32.2 Å². The molecule has 1 saturated heterocycles. The van der Waals surface area contributed by atoms with Gasteiger partial charge in [-0.05, 0) is 25.7 Å². The monoisotopic (exact) mass is 320 g/mol. The molecule has 8 heteroatoms. The van der Waals surface area contributed by atoms with Crippen molar-refractivity contribution in [3.63, 3.8) is 0 Å². The van der Waals surface area contributed by atoms with E-state index in [1.165, 1.54) is 6.26 Å². The number of piperidine rings is 1. The normalized spacial score (nSPS) is 18.7. The van der Waals surface area contributed by atoms with Crippen molar-refractivity contribution >= 4 is 16.0 Å². The fourth-order valence-electron chi connectivity index (χ4n) is 2.29. The molecule has 0 radical (unpaired) electrons. The summed E-state index contributed by atoms with van der Waals surface area (Å²) in [5.74, 6) is 1.24. The lowest BCUT2D eigenvalue weighted by atomic mass is 9.98. The zero-order valence-electron chi connectivity index (χ0n) is 13.3. The first kappa shape index (κ1) is 18.2. The fraction of sp³-hybridized carbons (Fsp3) is 0.923. The largest absolute Gasteiger partial charge is 0.380 e. The molecule has 1 aliphatic heterocycles. The predicted octanol–water partition coefficient (Wildman–Crippen LogP) is -0.140. The molecule has 1 rings (SSSR count). The smallest absolute Gasteiger partial charge is 0.211 e. The van der Waals surface area contributed by atoms with Crippen LogP contribution >= 0.6 is 0 Å². The van der Waals surface area contributed by atoms with Gasteiger partial charge < -0.3 is 15.4 Å². The molecule has 0 aromatic carbocycles. The molecule has 21 heavy (non-hydrogen) atoms. The van der Waals surface area contributed by atoms with Crippen molar-refractivity contribution < 1.29 is 13.2 Å². The Balaban J connectivity index is 2.23. The number of aliphatic imine (C=N–C) groups is 1. The maximum absolute atomic E-state index is 11.4. The van der Waals surface area contributed by atoms with E-state index in [9.17, 15) is 8.42 Å². The number of nitrogens with zero attached hydrogens (tertiary/aromatic N) is 2. The van der Waals surface area contributed by atoms with Gasteiger partial charge in [0.25, 0.3) is 0 Å². The van der Waals surface area contributed by atoms with E-state index in [1.807, 2.05) is 6.92 Å². The van der Waals surface area contributed by atoms with Crippen molar-refractivity contribution in [3.8, 4) is 0 Å². The molecular weight excluding hydrogens is 292 g/mol. The van der Waals surface area contributed by atoms with Crippen molar-refractivity contribution in [1.29, 1.82) is 0 Å². The fourth-order valence-corrected chi connectivity index (χ4v) is 3.17. The summed E-state index contributed by atoms with van der Waals surface area (Å²) in [6.07, 6.45) is 3.04. The maximum Gasteiger partial charge on any atom is 0.211 e. The molecule has 2 N–H and O–H groups in total. The first-order chi connectivity index (χ1) is 9.97. The summed E-state index contributed by atoms with van der Waals surface area (Å²) < 4.78 is 29.7. The topological polar surface area (TPSA) is 83.0 Å². The van der Waals surface area contributed by atoms with Gasteiger partial charge in [0.05, 0.1) is 12.9 Å². The van der Waals surface area contributed by atoms with Gasteiger partial charge >= 0.3 is 0 Å². The van der Waals surface area contributed by atoms with Gasteiger partial charge in [-0.15, -0.1) is 0 Å². The van der Waals surface area contributed by atoms with Crippen LogP contribution in [0.15, 0.2) is 4.99 Å². The third kappa shape index (κ3) is 7.10. The van der Waals surface area contributed by atoms with Gasteiger partial charge in [-0.25, -0.2) is 12.7 Å². The van der Waals surface area contributed by atoms with Gasteiger partial charge in [-0.3, -0.25) is 4.99 Å². The molecule has 1 aliphatic rings. The van der Waals surface area contributed by atoms with Crippen LogP contribution < -0.4 is 10.6 Å². The van der Waals surface area contributed by atoms with Crippen LogP contribution in [0.4, 0.5) is 0 Å². The van der Waals surface area contributed by atoms with Gasteiger partial charge in [0, 0.05) is 39.8 Å². The Morgan fingerprint density at radius 3 is 2.52 bits per heavy atom. The SMILES string of the molecule is CCOCCNC(=NC)NCC1CCN(S(C)(=O)=O)CC1. The molecular formula is C13H28N4O3S. The standard InChI is InChI=1S/C13H28N4O3S/c1-4-20-10-7-15-13(14-2)16-11-12-5-8-17(9-6-12)21(3,18)19/h12H,4-11H2,1-3H3,(H2,14,15,16). The molecule has 7 nitrogen and oxygen atoms in total. The lowest BCUT2D eigenvalue weighted by Crippen LogP contribution is -2.44. The Kier molecular flexibility index (Phi) is 7.98. The highest BCUT2D eigenvalue weighted by Crippen LogP contribution is 2.18. The van der Waals surface area contributed by atoms with E-state index in [-0.39, 0.29) is 0 Å². The zero-order chi connectivity index (χ0) is 15.7. The van der Waals surface area contributed by atoms with Crippen molar-refractivity contribution in [2.75, 3.05) is 52.7 Å². The summed E-state index contributed by atoms with van der Waals surface area (Å²) in [5, 5.41) is 6.47. The average Bonchev–Trinajstić information content (AvgIpc) is 2.46. The lowest BCUT2D eigenvalue weighted by molar-refractivity contribution is 0.152. The third-order valence-corrected chi connectivity index (χ3v) is 4.87. The molecule has 124 valence electrons. The minimum Gasteiger partial charge on any atom is -0.380 e. The average molecular weight is 320 g/mol. The quantitative estimate of drug-likeness (QED) is 0.387. The van der Waals surface area contributed by atoms with Gasteiger partial charge in [0.15, 0.2) is 5.96 Å². The number of ether oxygens (including phenoxy) is 1. The van der Waals surface area contributed by atoms with Crippen LogP contribution in [0.2, 0.25) is 0 Å². The highest BCUT2D eigenvalue weighted by atomic mass is 32.2. The Hall–Kier alpha value is -0.860. The summed E-state index contributed by atoms with van der Waals surface area (Å²) in [6, 6.07) is 0. The van der Waals surface area contributed by atoms with Crippen LogP contribution in [0, 0.1) is 5.92 Å². The molecule has 0 amide bonds. The lowest BCUT2D eigenvalue weighted by Gasteiger charge is -2.30. The highest BCUT2D eigenvalue weighted by Gasteiger charge is 2.24. The van der Waals surface area contributed by atoms with E-state index in [1.54, 1.807) is 11.4 Å². The van der Waals surface area contributed by atoms with Crippen molar-refractivity contribution in [2.45, 2.75) is 19.8 Å². The Labute approximate surface area is 128 Å². The van der Waals surface area contributed by atoms with Crippen molar-refractivity contribution in [3.05, 3.63) is 0 Å². The van der Waals surface area contributed by atoms with Crippen LogP contribution in [0.1, 0.15) is 19.8 Å². The second kappa shape index (κ2) is 9.22. The van der Waals surface area contributed by atoms with Crippen LogP contribution in [-0.2, 0) is 14.8 Å². The van der Waals surface area contributed by atoms with Crippen LogP contribution in [0.5, 0.6) is 0 Å². The van der Waals surface area contributed by atoms with E-state index < -0.39 is 10.0 Å². The number of guanidine groups is 1. The van der Waals surface area contributed by atoms with Crippen LogP contribution in [0.25, 0.3) is 0 Å². The number of hydrogen-bond acceptors (Lipinski definition) is 4. The minimum absolute atomic E-state index is 0.480. The van der Waals surface area contributed by atoms with E-state index in [4.69, 9.17) is 4.74 Å². The summed E-state index contributed by atoms with van der Waals surface area (Å²) >= 11 is 0. The predicted molar refractivity (Wildman–Crippen MR) is 85.0 cm³/mol. The maximum atomic E-state index is 11.4. The van der Waals surface area contributed by atoms with E-state index in [2.05, 4.69) is 15.6 Å². The molecule has 1 fully saturated rings. The second-order valence-corrected chi connectivity index (χ2v) is 7.16. The molecule has 0 spiro atoms. The summed E-state index contributed by atoms with van der Waals surface area (Å²) in [7, 11) is -1.30. The molecule has 1 heterocycles. The van der Waals surface area contributed by atoms with Gasteiger partial charge in [0.2, 0.25) is 10.0 Å². The summed E-state index contributed by atoms with van der Waals surface area (Å²) in [4.78, 5) is 4.16. The third-order valence-electron chi connectivity index (χ3n) is 3.57. The first-order valence-electron chi connectivity index (χ1n) is 7.44. The molecule has 0 aromatic rings. The number of rotatable bonds is 7. The van der Waals surface area contributed by atoms with Gasteiger partial charge in [-0.2, -0.15) is 0 Å². The first-order valence-corrected chi connectivity index (χ1v) is 9.29. The van der Waals surface area contributed by atoms with Crippen molar-refractivity contribution in [1.82, 2.24) is 14.9 Å². The Morgan fingerprint density at radius 1 is 1.33 bits per heavy atom. The Morgan fingerprint density at radius 2 is 2.00 bits per heavy atom. The number of hydrogen-bond donors (Lipinski definition) is 2. The van der Waals surface area contributed by atoms with E-state index >= 15 is 0 Å². The summed E-state index contributed by atoms with van der Waals surface area (Å²) in [6.45, 7) is 6.10. The number of sulfonamides is 1. The highest BCUT2D eigenvalue weighted by molar-refractivity contribution is 7.88. The zero-order valence-corrected chi connectivity index (χ0v) is 14.1. The minimum atomic E-state index is -3.04. The van der Waals surface area contributed by atoms with Gasteiger partial charge in [0.1, 0.15) is 0 Å². The molecule has 0 unspecified atom stereocenters. The van der Waals surface area contributed by atoms with Crippen molar-refractivity contribution in [2.24, 2.45) is 10.9 Å². The van der Waals surface area contributed by atoms with Crippen LogP contribution in [0.3, 0.4) is 0 Å². The molecule has 0 saturated carbocycles. The Bertz CT molecular complexity index is 417. The molecule has 0 bridgehead atoms. The second-order valence-electron chi connectivity index (χ2n) is 5.18. The van der Waals surface area contributed by atoms with Crippen LogP contribution in [-0.4, -0.2) is 71.4 Å². The summed E-state index contributed by atoms with van der Waals surface area (Å²) in [5.41, 5.74) is 0. The number of nitrogens with one attached hydrogen (secondary N) is 2. The van der Waals surface area contributed by atoms with E-state index in [0.717, 1.165) is 31.9 Å².